The average molecular weight is 369 g/mol. The normalized spacial score (nSPS) is 20.8. The molecule has 0 amide bonds. The number of halogens is 1. The zero-order chi connectivity index (χ0) is 15.0. The summed E-state index contributed by atoms with van der Waals surface area (Å²) in [5.41, 5.74) is 0. The van der Waals surface area contributed by atoms with Crippen LogP contribution in [0.2, 0.25) is 0 Å². The molecule has 3 rings (SSSR count). The molecule has 1 saturated heterocycles. The quantitative estimate of drug-likeness (QED) is 0.885. The number of hydrogen-bond donors (Lipinski definition) is 1. The summed E-state index contributed by atoms with van der Waals surface area (Å²) >= 11 is 3.43. The van der Waals surface area contributed by atoms with Crippen LogP contribution in [-0.4, -0.2) is 38.4 Å². The van der Waals surface area contributed by atoms with Crippen molar-refractivity contribution in [2.24, 2.45) is 0 Å². The fourth-order valence-electron chi connectivity index (χ4n) is 2.62. The van der Waals surface area contributed by atoms with Gasteiger partial charge >= 0.3 is 0 Å². The number of piperazine rings is 1. The van der Waals surface area contributed by atoms with Gasteiger partial charge in [0.15, 0.2) is 0 Å². The van der Waals surface area contributed by atoms with Gasteiger partial charge in [0, 0.05) is 30.1 Å². The second kappa shape index (κ2) is 5.68. The van der Waals surface area contributed by atoms with Crippen molar-refractivity contribution in [2.45, 2.75) is 17.9 Å². The van der Waals surface area contributed by atoms with Gasteiger partial charge in [-0.05, 0) is 42.0 Å². The predicted molar refractivity (Wildman–Crippen MR) is 87.9 cm³/mol. The van der Waals surface area contributed by atoms with Crippen LogP contribution in [0, 0.1) is 0 Å². The van der Waals surface area contributed by atoms with Crippen molar-refractivity contribution >= 4 is 36.7 Å². The molecule has 0 bridgehead atoms. The number of benzene rings is 2. The van der Waals surface area contributed by atoms with Gasteiger partial charge in [-0.1, -0.05) is 28.1 Å². The maximum atomic E-state index is 12.7. The predicted octanol–water partition coefficient (Wildman–Crippen LogP) is 2.58. The van der Waals surface area contributed by atoms with Crippen molar-refractivity contribution in [2.75, 3.05) is 19.6 Å². The van der Waals surface area contributed by atoms with Gasteiger partial charge in [-0.2, -0.15) is 4.31 Å². The van der Waals surface area contributed by atoms with Gasteiger partial charge in [0.2, 0.25) is 10.0 Å². The Kier molecular flexibility index (Phi) is 4.05. The lowest BCUT2D eigenvalue weighted by Crippen LogP contribution is -2.51. The summed E-state index contributed by atoms with van der Waals surface area (Å²) < 4.78 is 28.0. The first-order chi connectivity index (χ1) is 9.96. The van der Waals surface area contributed by atoms with Crippen molar-refractivity contribution in [1.29, 1.82) is 0 Å². The van der Waals surface area contributed by atoms with E-state index in [1.54, 1.807) is 16.4 Å². The minimum absolute atomic E-state index is 0.185. The highest BCUT2D eigenvalue weighted by molar-refractivity contribution is 9.10. The van der Waals surface area contributed by atoms with Crippen LogP contribution in [-0.2, 0) is 10.0 Å². The Morgan fingerprint density at radius 3 is 2.67 bits per heavy atom. The number of hydrogen-bond acceptors (Lipinski definition) is 3. The van der Waals surface area contributed by atoms with E-state index in [0.717, 1.165) is 15.2 Å². The molecule has 4 nitrogen and oxygen atoms in total. The second-order valence-electron chi connectivity index (χ2n) is 5.37. The molecule has 1 N–H and O–H groups in total. The van der Waals surface area contributed by atoms with E-state index in [9.17, 15) is 8.42 Å². The summed E-state index contributed by atoms with van der Waals surface area (Å²) in [7, 11) is -3.41. The third-order valence-corrected chi connectivity index (χ3v) is 6.10. The Morgan fingerprint density at radius 2 is 1.90 bits per heavy atom. The topological polar surface area (TPSA) is 49.4 Å². The van der Waals surface area contributed by atoms with Crippen molar-refractivity contribution < 1.29 is 8.42 Å². The van der Waals surface area contributed by atoms with Gasteiger partial charge in [0.05, 0.1) is 4.90 Å². The summed E-state index contributed by atoms with van der Waals surface area (Å²) in [5, 5.41) is 5.22. The van der Waals surface area contributed by atoms with Crippen molar-refractivity contribution in [1.82, 2.24) is 9.62 Å². The largest absolute Gasteiger partial charge is 0.312 e. The van der Waals surface area contributed by atoms with Crippen molar-refractivity contribution in [3.63, 3.8) is 0 Å². The number of nitrogens with zero attached hydrogens (tertiary/aromatic N) is 1. The summed E-state index contributed by atoms with van der Waals surface area (Å²) in [6.45, 7) is 3.73. The molecule has 2 aromatic carbocycles. The fourth-order valence-corrected chi connectivity index (χ4v) is 4.56. The minimum atomic E-state index is -3.41. The Morgan fingerprint density at radius 1 is 1.19 bits per heavy atom. The molecule has 0 aliphatic carbocycles. The maximum Gasteiger partial charge on any atom is 0.243 e. The molecule has 1 aliphatic rings. The van der Waals surface area contributed by atoms with E-state index in [0.29, 0.717) is 24.5 Å². The Bertz CT molecular complexity index is 776. The monoisotopic (exact) mass is 368 g/mol. The summed E-state index contributed by atoms with van der Waals surface area (Å²) in [4.78, 5) is 0.367. The SMILES string of the molecule is CC1CN(S(=O)(=O)c2ccc3cc(Br)ccc3c2)CCN1. The fraction of sp³-hybridized carbons (Fsp3) is 0.333. The molecule has 1 atom stereocenters. The standard InChI is InChI=1S/C15H17BrN2O2S/c1-11-10-18(7-6-17-11)21(19,20)15-5-3-12-8-14(16)4-2-13(12)9-15/h2-5,8-9,11,17H,6-7,10H2,1H3. The van der Waals surface area contributed by atoms with Crippen molar-refractivity contribution in [3.8, 4) is 0 Å². The number of rotatable bonds is 2. The molecule has 0 aromatic heterocycles. The van der Waals surface area contributed by atoms with E-state index in [-0.39, 0.29) is 6.04 Å². The molecule has 6 heteroatoms. The van der Waals surface area contributed by atoms with Crippen LogP contribution in [0.4, 0.5) is 0 Å². The van der Waals surface area contributed by atoms with Gasteiger partial charge in [-0.25, -0.2) is 8.42 Å². The molecule has 1 unspecified atom stereocenters. The second-order valence-corrected chi connectivity index (χ2v) is 8.23. The minimum Gasteiger partial charge on any atom is -0.312 e. The van der Waals surface area contributed by atoms with Gasteiger partial charge in [-0.3, -0.25) is 0 Å². The first-order valence-corrected chi connectivity index (χ1v) is 9.13. The smallest absolute Gasteiger partial charge is 0.243 e. The van der Waals surface area contributed by atoms with Crippen LogP contribution in [0.15, 0.2) is 45.8 Å². The van der Waals surface area contributed by atoms with Crippen molar-refractivity contribution in [3.05, 3.63) is 40.9 Å². The number of nitrogens with one attached hydrogen (secondary N) is 1. The molecule has 112 valence electrons. The third-order valence-electron chi connectivity index (χ3n) is 3.74. The molecule has 0 saturated carbocycles. The summed E-state index contributed by atoms with van der Waals surface area (Å²) in [6, 6.07) is 11.3. The van der Waals surface area contributed by atoms with Gasteiger partial charge < -0.3 is 5.32 Å². The van der Waals surface area contributed by atoms with Gasteiger partial charge in [0.1, 0.15) is 0 Å². The summed E-state index contributed by atoms with van der Waals surface area (Å²) in [5.74, 6) is 0. The van der Waals surface area contributed by atoms with Crippen LogP contribution in [0.25, 0.3) is 10.8 Å². The first-order valence-electron chi connectivity index (χ1n) is 6.90. The Labute approximate surface area is 133 Å². The highest BCUT2D eigenvalue weighted by atomic mass is 79.9. The molecule has 1 fully saturated rings. The first kappa shape index (κ1) is 15.0. The lowest BCUT2D eigenvalue weighted by molar-refractivity contribution is 0.310. The molecule has 1 heterocycles. The molecular formula is C15H17BrN2O2S. The van der Waals surface area contributed by atoms with E-state index in [1.807, 2.05) is 31.2 Å². The lowest BCUT2D eigenvalue weighted by atomic mass is 10.1. The van der Waals surface area contributed by atoms with E-state index in [2.05, 4.69) is 21.2 Å². The zero-order valence-corrected chi connectivity index (χ0v) is 14.1. The van der Waals surface area contributed by atoms with Gasteiger partial charge in [-0.15, -0.1) is 0 Å². The van der Waals surface area contributed by atoms with E-state index in [1.165, 1.54) is 0 Å². The molecule has 21 heavy (non-hydrogen) atoms. The number of sulfonamides is 1. The average Bonchev–Trinajstić information content (AvgIpc) is 2.46. The van der Waals surface area contributed by atoms with Crippen LogP contribution in [0.1, 0.15) is 6.92 Å². The highest BCUT2D eigenvalue weighted by Crippen LogP contribution is 2.25. The Hall–Kier alpha value is -0.950. The summed E-state index contributed by atoms with van der Waals surface area (Å²) in [6.07, 6.45) is 0. The van der Waals surface area contributed by atoms with Crippen LogP contribution in [0.3, 0.4) is 0 Å². The molecule has 0 radical (unpaired) electrons. The molecular weight excluding hydrogens is 352 g/mol. The van der Waals surface area contributed by atoms with Gasteiger partial charge in [0.25, 0.3) is 0 Å². The zero-order valence-electron chi connectivity index (χ0n) is 11.7. The highest BCUT2D eigenvalue weighted by Gasteiger charge is 2.28. The molecule has 0 spiro atoms. The molecule has 2 aromatic rings. The maximum absolute atomic E-state index is 12.7. The van der Waals surface area contributed by atoms with E-state index >= 15 is 0 Å². The van der Waals surface area contributed by atoms with Crippen LogP contribution >= 0.6 is 15.9 Å². The molecule has 1 aliphatic heterocycles. The Balaban J connectivity index is 2.00. The van der Waals surface area contributed by atoms with Crippen LogP contribution in [0.5, 0.6) is 0 Å². The number of fused-ring (bicyclic) bond motifs is 1. The van der Waals surface area contributed by atoms with E-state index in [4.69, 9.17) is 0 Å². The van der Waals surface area contributed by atoms with E-state index < -0.39 is 10.0 Å². The lowest BCUT2D eigenvalue weighted by Gasteiger charge is -2.31. The van der Waals surface area contributed by atoms with Crippen LogP contribution < -0.4 is 5.32 Å². The third kappa shape index (κ3) is 2.99.